The molecule has 0 unspecified atom stereocenters. The molecule has 3 aromatic rings. The van der Waals surface area contributed by atoms with Gasteiger partial charge < -0.3 is 0 Å². The van der Waals surface area contributed by atoms with Crippen LogP contribution in [0.4, 0.5) is 0 Å². The van der Waals surface area contributed by atoms with Crippen molar-refractivity contribution < 1.29 is 9.47 Å². The quantitative estimate of drug-likeness (QED) is 0.510. The second kappa shape index (κ2) is 7.14. The van der Waals surface area contributed by atoms with E-state index < -0.39 is 0 Å². The Morgan fingerprint density at radius 1 is 0.652 bits per heavy atom. The molecule has 0 spiro atoms. The van der Waals surface area contributed by atoms with Crippen molar-refractivity contribution in [3.05, 3.63) is 66.7 Å². The van der Waals surface area contributed by atoms with Crippen molar-refractivity contribution >= 4 is 28.0 Å². The molecule has 3 aromatic carbocycles. The summed E-state index contributed by atoms with van der Waals surface area (Å²) < 4.78 is 11.9. The van der Waals surface area contributed by atoms with Gasteiger partial charge in [0.05, 0.1) is 0 Å². The van der Waals surface area contributed by atoms with E-state index in [2.05, 4.69) is 42.5 Å². The summed E-state index contributed by atoms with van der Waals surface area (Å²) in [5.74, 6) is 1.75. The molecule has 0 aromatic heterocycles. The number of rotatable bonds is 4. The molecule has 0 fully saturated rings. The van der Waals surface area contributed by atoms with Crippen molar-refractivity contribution in [2.75, 3.05) is 14.2 Å². The average Bonchev–Trinajstić information content (AvgIpc) is 2.62. The van der Waals surface area contributed by atoms with Crippen molar-refractivity contribution in [1.82, 2.24) is 0 Å². The van der Waals surface area contributed by atoms with Gasteiger partial charge in [0.25, 0.3) is 0 Å². The fourth-order valence-corrected chi connectivity index (χ4v) is 3.92. The molecule has 2 nitrogen and oxygen atoms in total. The predicted molar refractivity (Wildman–Crippen MR) is 95.8 cm³/mol. The number of hydrogen-bond acceptors (Lipinski definition) is 2. The second-order valence-electron chi connectivity index (χ2n) is 5.16. The van der Waals surface area contributed by atoms with E-state index >= 15 is 0 Å². The molecule has 3 heteroatoms. The molecular formula is C20H17BiO2. The minimum absolute atomic E-state index is 0.875. The Labute approximate surface area is 151 Å². The van der Waals surface area contributed by atoms with Crippen molar-refractivity contribution in [2.45, 2.75) is 0 Å². The standard InChI is InChI=1S/C20H17O2.Bi/c1-21-17-11-7-15(8-12-17)19-5-3-4-6-20(19)16-9-13-18(22-2)14-10-16;/h3-5,7-14H,1-2H3;. The Balaban J connectivity index is 2.11. The van der Waals surface area contributed by atoms with Gasteiger partial charge in [0.15, 0.2) is 0 Å². The summed E-state index contributed by atoms with van der Waals surface area (Å²) >= 11 is 1.23. The van der Waals surface area contributed by atoms with E-state index in [4.69, 9.17) is 9.47 Å². The van der Waals surface area contributed by atoms with Gasteiger partial charge in [0.2, 0.25) is 0 Å². The molecule has 0 atom stereocenters. The number of hydrogen-bond donors (Lipinski definition) is 0. The molecule has 0 aliphatic heterocycles. The van der Waals surface area contributed by atoms with Crippen LogP contribution < -0.4 is 12.7 Å². The first-order valence-corrected chi connectivity index (χ1v) is 9.07. The first-order chi connectivity index (χ1) is 11.2. The van der Waals surface area contributed by atoms with Crippen LogP contribution in [0.5, 0.6) is 11.5 Å². The number of ether oxygens (including phenoxy) is 2. The van der Waals surface area contributed by atoms with Crippen LogP contribution in [0.3, 0.4) is 0 Å². The van der Waals surface area contributed by atoms with Gasteiger partial charge >= 0.3 is 152 Å². The van der Waals surface area contributed by atoms with Crippen LogP contribution in [0.2, 0.25) is 0 Å². The first kappa shape index (κ1) is 16.0. The molecule has 23 heavy (non-hydrogen) atoms. The summed E-state index contributed by atoms with van der Waals surface area (Å²) in [5, 5.41) is 0. The van der Waals surface area contributed by atoms with Gasteiger partial charge in [0, 0.05) is 0 Å². The fraction of sp³-hybridized carbons (Fsp3) is 0.100. The van der Waals surface area contributed by atoms with Gasteiger partial charge in [-0.1, -0.05) is 0 Å². The van der Waals surface area contributed by atoms with E-state index in [1.807, 2.05) is 24.3 Å². The van der Waals surface area contributed by atoms with Crippen LogP contribution in [0.25, 0.3) is 22.3 Å². The summed E-state index contributed by atoms with van der Waals surface area (Å²) in [7, 11) is 3.38. The normalized spacial score (nSPS) is 10.4. The Hall–Kier alpha value is -1.86. The van der Waals surface area contributed by atoms with Crippen molar-refractivity contribution in [1.29, 1.82) is 0 Å². The van der Waals surface area contributed by atoms with Crippen molar-refractivity contribution in [2.24, 2.45) is 0 Å². The van der Waals surface area contributed by atoms with Crippen LogP contribution in [0, 0.1) is 0 Å². The molecule has 0 heterocycles. The third-order valence-electron chi connectivity index (χ3n) is 3.82. The Morgan fingerprint density at radius 3 is 1.70 bits per heavy atom. The van der Waals surface area contributed by atoms with E-state index in [1.54, 1.807) is 14.2 Å². The van der Waals surface area contributed by atoms with Crippen molar-refractivity contribution in [3.63, 3.8) is 0 Å². The average molecular weight is 498 g/mol. The topological polar surface area (TPSA) is 18.5 Å². The summed E-state index contributed by atoms with van der Waals surface area (Å²) in [6.07, 6.45) is 0. The summed E-state index contributed by atoms with van der Waals surface area (Å²) in [6.45, 7) is 0. The first-order valence-electron chi connectivity index (χ1n) is 7.34. The molecular weight excluding hydrogens is 481 g/mol. The third kappa shape index (κ3) is 3.40. The van der Waals surface area contributed by atoms with Crippen LogP contribution in [-0.2, 0) is 0 Å². The van der Waals surface area contributed by atoms with Crippen LogP contribution in [0.15, 0.2) is 66.7 Å². The molecule has 0 saturated heterocycles. The van der Waals surface area contributed by atoms with Crippen LogP contribution in [0.1, 0.15) is 0 Å². The van der Waals surface area contributed by atoms with Gasteiger partial charge in [-0.2, -0.15) is 0 Å². The monoisotopic (exact) mass is 498 g/mol. The van der Waals surface area contributed by atoms with Gasteiger partial charge in [-0.15, -0.1) is 0 Å². The molecule has 0 aliphatic rings. The SMILES string of the molecule is COc1ccc(-c2ccc[c]([Bi])c2-c2ccc(OC)cc2)cc1. The van der Waals surface area contributed by atoms with E-state index in [0.717, 1.165) is 11.5 Å². The van der Waals surface area contributed by atoms with E-state index in [1.165, 1.54) is 50.2 Å². The number of methoxy groups -OCH3 is 2. The van der Waals surface area contributed by atoms with Gasteiger partial charge in [-0.25, -0.2) is 0 Å². The van der Waals surface area contributed by atoms with Gasteiger partial charge in [-0.3, -0.25) is 0 Å². The van der Waals surface area contributed by atoms with Gasteiger partial charge in [-0.05, 0) is 0 Å². The molecule has 114 valence electrons. The minimum atomic E-state index is 0.875. The third-order valence-corrected chi connectivity index (χ3v) is 5.27. The Bertz CT molecular complexity index is 793. The van der Waals surface area contributed by atoms with E-state index in [-0.39, 0.29) is 0 Å². The zero-order valence-electron chi connectivity index (χ0n) is 13.1. The molecule has 0 amide bonds. The molecule has 0 bridgehead atoms. The zero-order chi connectivity index (χ0) is 16.2. The molecule has 0 saturated carbocycles. The maximum atomic E-state index is 5.27. The maximum absolute atomic E-state index is 5.27. The van der Waals surface area contributed by atoms with Crippen LogP contribution >= 0.6 is 0 Å². The van der Waals surface area contributed by atoms with E-state index in [0.29, 0.717) is 0 Å². The summed E-state index contributed by atoms with van der Waals surface area (Å²) in [6, 6.07) is 23.0. The summed E-state index contributed by atoms with van der Waals surface area (Å²) in [4.78, 5) is 0. The second-order valence-corrected chi connectivity index (χ2v) is 7.03. The van der Waals surface area contributed by atoms with Gasteiger partial charge in [0.1, 0.15) is 0 Å². The molecule has 3 rings (SSSR count). The number of benzene rings is 3. The Kier molecular flexibility index (Phi) is 4.98. The molecule has 0 aliphatic carbocycles. The summed E-state index contributed by atoms with van der Waals surface area (Å²) in [5.41, 5.74) is 4.96. The van der Waals surface area contributed by atoms with Crippen molar-refractivity contribution in [3.8, 4) is 33.8 Å². The van der Waals surface area contributed by atoms with E-state index in [9.17, 15) is 0 Å². The van der Waals surface area contributed by atoms with Crippen LogP contribution in [-0.4, -0.2) is 38.9 Å². The molecule has 2 radical (unpaired) electrons. The molecule has 0 N–H and O–H groups in total. The predicted octanol–water partition coefficient (Wildman–Crippen LogP) is 3.83. The zero-order valence-corrected chi connectivity index (χ0v) is 16.6. The Morgan fingerprint density at radius 2 is 1.17 bits per heavy atom. The fourth-order valence-electron chi connectivity index (χ4n) is 2.61.